The predicted molar refractivity (Wildman–Crippen MR) is 81.3 cm³/mol. The van der Waals surface area contributed by atoms with Gasteiger partial charge in [-0.1, -0.05) is 26.2 Å². The highest BCUT2D eigenvalue weighted by Crippen LogP contribution is 2.42. The largest absolute Gasteiger partial charge is 0.316 e. The molecule has 1 aliphatic heterocycles. The van der Waals surface area contributed by atoms with Crippen LogP contribution in [-0.2, 0) is 0 Å². The summed E-state index contributed by atoms with van der Waals surface area (Å²) in [6.45, 7) is 8.97. The first-order valence-electron chi connectivity index (χ1n) is 8.74. The third-order valence-corrected chi connectivity index (χ3v) is 5.95. The number of nitrogens with one attached hydrogen (secondary N) is 1. The topological polar surface area (TPSA) is 15.3 Å². The monoisotopic (exact) mass is 264 g/mol. The van der Waals surface area contributed by atoms with E-state index in [4.69, 9.17) is 0 Å². The van der Waals surface area contributed by atoms with Gasteiger partial charge in [-0.05, 0) is 55.9 Å². The molecule has 0 radical (unpaired) electrons. The molecule has 0 bridgehead atoms. The molecule has 0 aromatic rings. The van der Waals surface area contributed by atoms with Crippen LogP contribution in [0.4, 0.5) is 0 Å². The number of hydrogen-bond acceptors (Lipinski definition) is 2. The standard InChI is InChI=1S/C17H32N2/c1-2-10-18-13-17(8-3-4-9-17)14-19-11-15-6-5-7-16(15)12-19/h15-16,18H,2-14H2,1H3. The molecule has 3 fully saturated rings. The zero-order chi connectivity index (χ0) is 13.1. The molecule has 0 aromatic carbocycles. The highest BCUT2D eigenvalue weighted by Gasteiger charge is 2.41. The van der Waals surface area contributed by atoms with Crippen LogP contribution in [0.5, 0.6) is 0 Å². The molecule has 2 unspecified atom stereocenters. The summed E-state index contributed by atoms with van der Waals surface area (Å²) in [6, 6.07) is 0. The predicted octanol–water partition coefficient (Wildman–Crippen LogP) is 3.28. The summed E-state index contributed by atoms with van der Waals surface area (Å²) in [5, 5.41) is 3.72. The van der Waals surface area contributed by atoms with E-state index in [1.54, 1.807) is 0 Å². The summed E-state index contributed by atoms with van der Waals surface area (Å²) in [7, 11) is 0. The molecule has 1 saturated heterocycles. The van der Waals surface area contributed by atoms with Crippen molar-refractivity contribution in [2.24, 2.45) is 17.3 Å². The van der Waals surface area contributed by atoms with Crippen molar-refractivity contribution in [2.75, 3.05) is 32.7 Å². The lowest BCUT2D eigenvalue weighted by atomic mass is 9.85. The Morgan fingerprint density at radius 2 is 1.74 bits per heavy atom. The van der Waals surface area contributed by atoms with Crippen LogP contribution < -0.4 is 5.32 Å². The highest BCUT2D eigenvalue weighted by atomic mass is 15.2. The summed E-state index contributed by atoms with van der Waals surface area (Å²) in [5.74, 6) is 2.11. The van der Waals surface area contributed by atoms with E-state index in [0.717, 1.165) is 11.8 Å². The van der Waals surface area contributed by atoms with Gasteiger partial charge in [-0.2, -0.15) is 0 Å². The van der Waals surface area contributed by atoms with Gasteiger partial charge in [-0.15, -0.1) is 0 Å². The minimum Gasteiger partial charge on any atom is -0.316 e. The molecule has 3 rings (SSSR count). The Bertz CT molecular complexity index is 271. The van der Waals surface area contributed by atoms with Crippen LogP contribution >= 0.6 is 0 Å². The quantitative estimate of drug-likeness (QED) is 0.741. The van der Waals surface area contributed by atoms with Crippen molar-refractivity contribution in [1.29, 1.82) is 0 Å². The lowest BCUT2D eigenvalue weighted by Crippen LogP contribution is -2.42. The number of hydrogen-bond donors (Lipinski definition) is 1. The second kappa shape index (κ2) is 6.13. The number of rotatable bonds is 6. The van der Waals surface area contributed by atoms with Crippen molar-refractivity contribution in [2.45, 2.75) is 58.3 Å². The molecule has 19 heavy (non-hydrogen) atoms. The van der Waals surface area contributed by atoms with E-state index in [1.165, 1.54) is 84.1 Å². The number of nitrogens with zero attached hydrogens (tertiary/aromatic N) is 1. The Morgan fingerprint density at radius 1 is 1.05 bits per heavy atom. The lowest BCUT2D eigenvalue weighted by Gasteiger charge is -2.34. The fraction of sp³-hybridized carbons (Fsp3) is 1.00. The minimum atomic E-state index is 0.619. The van der Waals surface area contributed by atoms with Gasteiger partial charge in [0, 0.05) is 26.2 Å². The number of fused-ring (bicyclic) bond motifs is 1. The van der Waals surface area contributed by atoms with E-state index < -0.39 is 0 Å². The minimum absolute atomic E-state index is 0.619. The molecule has 0 spiro atoms. The van der Waals surface area contributed by atoms with Crippen molar-refractivity contribution >= 4 is 0 Å². The van der Waals surface area contributed by atoms with Crippen LogP contribution in [0.15, 0.2) is 0 Å². The molecule has 2 heteroatoms. The maximum absolute atomic E-state index is 3.72. The van der Waals surface area contributed by atoms with Crippen LogP contribution in [-0.4, -0.2) is 37.6 Å². The Hall–Kier alpha value is -0.0800. The summed E-state index contributed by atoms with van der Waals surface area (Å²) < 4.78 is 0. The molecule has 2 atom stereocenters. The molecule has 2 saturated carbocycles. The molecule has 110 valence electrons. The summed E-state index contributed by atoms with van der Waals surface area (Å²) >= 11 is 0. The van der Waals surface area contributed by atoms with Gasteiger partial charge in [-0.3, -0.25) is 0 Å². The van der Waals surface area contributed by atoms with Gasteiger partial charge in [-0.25, -0.2) is 0 Å². The van der Waals surface area contributed by atoms with Crippen molar-refractivity contribution in [3.8, 4) is 0 Å². The summed E-state index contributed by atoms with van der Waals surface area (Å²) in [5.41, 5.74) is 0.619. The Balaban J connectivity index is 1.53. The molecule has 2 nitrogen and oxygen atoms in total. The first-order valence-corrected chi connectivity index (χ1v) is 8.74. The van der Waals surface area contributed by atoms with Gasteiger partial charge < -0.3 is 10.2 Å². The third kappa shape index (κ3) is 3.16. The second-order valence-corrected chi connectivity index (χ2v) is 7.53. The van der Waals surface area contributed by atoms with Gasteiger partial charge in [0.25, 0.3) is 0 Å². The van der Waals surface area contributed by atoms with Crippen molar-refractivity contribution in [3.63, 3.8) is 0 Å². The van der Waals surface area contributed by atoms with Gasteiger partial charge in [0.1, 0.15) is 0 Å². The molecule has 0 amide bonds. The van der Waals surface area contributed by atoms with Crippen molar-refractivity contribution < 1.29 is 0 Å². The smallest absolute Gasteiger partial charge is 0.00504 e. The zero-order valence-electron chi connectivity index (χ0n) is 12.8. The van der Waals surface area contributed by atoms with Gasteiger partial charge in [0.2, 0.25) is 0 Å². The highest BCUT2D eigenvalue weighted by molar-refractivity contribution is 4.94. The van der Waals surface area contributed by atoms with E-state index in [1.807, 2.05) is 0 Å². The van der Waals surface area contributed by atoms with Crippen molar-refractivity contribution in [3.05, 3.63) is 0 Å². The van der Waals surface area contributed by atoms with Crippen LogP contribution in [0, 0.1) is 17.3 Å². The number of likely N-dealkylation sites (tertiary alicyclic amines) is 1. The molecule has 1 N–H and O–H groups in total. The molecular formula is C17H32N2. The van der Waals surface area contributed by atoms with Crippen LogP contribution in [0.1, 0.15) is 58.3 Å². The average Bonchev–Trinajstić information content (AvgIpc) is 3.06. The first-order chi connectivity index (χ1) is 9.31. The molecular weight excluding hydrogens is 232 g/mol. The van der Waals surface area contributed by atoms with E-state index in [0.29, 0.717) is 5.41 Å². The summed E-state index contributed by atoms with van der Waals surface area (Å²) in [4.78, 5) is 2.83. The lowest BCUT2D eigenvalue weighted by molar-refractivity contribution is 0.164. The molecule has 1 heterocycles. The van der Waals surface area contributed by atoms with Crippen LogP contribution in [0.3, 0.4) is 0 Å². The fourth-order valence-electron chi connectivity index (χ4n) is 4.98. The van der Waals surface area contributed by atoms with E-state index in [-0.39, 0.29) is 0 Å². The van der Waals surface area contributed by atoms with Crippen LogP contribution in [0.25, 0.3) is 0 Å². The van der Waals surface area contributed by atoms with E-state index >= 15 is 0 Å². The van der Waals surface area contributed by atoms with Gasteiger partial charge in [0.15, 0.2) is 0 Å². The first kappa shape index (κ1) is 13.9. The second-order valence-electron chi connectivity index (χ2n) is 7.53. The fourth-order valence-corrected chi connectivity index (χ4v) is 4.98. The third-order valence-electron chi connectivity index (χ3n) is 5.95. The Labute approximate surface area is 119 Å². The molecule has 3 aliphatic rings. The van der Waals surface area contributed by atoms with E-state index in [2.05, 4.69) is 17.1 Å². The average molecular weight is 264 g/mol. The Morgan fingerprint density at radius 3 is 2.37 bits per heavy atom. The molecule has 2 aliphatic carbocycles. The van der Waals surface area contributed by atoms with Gasteiger partial charge in [0.05, 0.1) is 0 Å². The SMILES string of the molecule is CCCNCC1(CN2CC3CCCC3C2)CCCC1. The zero-order valence-corrected chi connectivity index (χ0v) is 12.8. The van der Waals surface area contributed by atoms with Crippen molar-refractivity contribution in [1.82, 2.24) is 10.2 Å². The molecule has 0 aromatic heterocycles. The Kier molecular flexibility index (Phi) is 4.48. The normalized spacial score (nSPS) is 33.9. The maximum atomic E-state index is 3.72. The van der Waals surface area contributed by atoms with E-state index in [9.17, 15) is 0 Å². The maximum Gasteiger partial charge on any atom is 0.00504 e. The van der Waals surface area contributed by atoms with Crippen LogP contribution in [0.2, 0.25) is 0 Å². The summed E-state index contributed by atoms with van der Waals surface area (Å²) in [6.07, 6.45) is 11.7. The van der Waals surface area contributed by atoms with Gasteiger partial charge >= 0.3 is 0 Å².